The Labute approximate surface area is 116 Å². The molecule has 7 heteroatoms. The van der Waals surface area contributed by atoms with Crippen LogP contribution in [0.15, 0.2) is 12.3 Å². The van der Waals surface area contributed by atoms with Gasteiger partial charge in [-0.05, 0) is 12.5 Å². The molecular formula is C12H17ClN2O4. The third-order valence-corrected chi connectivity index (χ3v) is 2.79. The Bertz CT molecular complexity index is 459. The summed E-state index contributed by atoms with van der Waals surface area (Å²) in [7, 11) is 0. The number of nitrogens with zero attached hydrogens (tertiary/aromatic N) is 1. The Kier molecular flexibility index (Phi) is 5.85. The number of nitrogens with one attached hydrogen (secondary N) is 1. The number of hydrogen-bond donors (Lipinski definition) is 3. The predicted octanol–water partition coefficient (Wildman–Crippen LogP) is 1.12. The topological polar surface area (TPSA) is 91.6 Å². The summed E-state index contributed by atoms with van der Waals surface area (Å²) in [5.41, 5.74) is 0.316. The summed E-state index contributed by atoms with van der Waals surface area (Å²) >= 11 is 5.85. The maximum atomic E-state index is 12.0. The average molecular weight is 289 g/mol. The highest BCUT2D eigenvalue weighted by atomic mass is 35.5. The number of amides is 1. The number of aliphatic hydroxyl groups is 1. The van der Waals surface area contributed by atoms with Crippen LogP contribution < -0.4 is 5.32 Å². The standard InChI is InChI=1S/C12H17ClN2O4/c1-2-4-15-7-8(13)6-10(15)11(17)14-9(3-5-16)12(18)19/h6-7,9,16H,2-5H2,1H3,(H,14,17)(H,18,19). The van der Waals surface area contributed by atoms with E-state index >= 15 is 0 Å². The highest BCUT2D eigenvalue weighted by Gasteiger charge is 2.22. The summed E-state index contributed by atoms with van der Waals surface area (Å²) in [4.78, 5) is 22.9. The number of aryl methyl sites for hydroxylation is 1. The van der Waals surface area contributed by atoms with Crippen molar-refractivity contribution >= 4 is 23.5 Å². The number of aromatic nitrogens is 1. The first kappa shape index (κ1) is 15.5. The van der Waals surface area contributed by atoms with Crippen molar-refractivity contribution < 1.29 is 19.8 Å². The molecule has 1 atom stereocenters. The third kappa shape index (κ3) is 4.25. The highest BCUT2D eigenvalue weighted by molar-refractivity contribution is 6.31. The molecule has 0 aliphatic carbocycles. The van der Waals surface area contributed by atoms with Crippen molar-refractivity contribution in [1.29, 1.82) is 0 Å². The molecule has 106 valence electrons. The number of carbonyl (C=O) groups is 2. The summed E-state index contributed by atoms with van der Waals surface area (Å²) in [6.45, 7) is 2.27. The minimum absolute atomic E-state index is 0.0384. The molecule has 0 saturated carbocycles. The number of carbonyl (C=O) groups excluding carboxylic acids is 1. The van der Waals surface area contributed by atoms with Gasteiger partial charge in [0.15, 0.2) is 0 Å². The van der Waals surface area contributed by atoms with Crippen LogP contribution in [-0.4, -0.2) is 39.3 Å². The average Bonchev–Trinajstić information content (AvgIpc) is 2.70. The summed E-state index contributed by atoms with van der Waals surface area (Å²) in [5, 5.41) is 20.5. The lowest BCUT2D eigenvalue weighted by Crippen LogP contribution is -2.42. The van der Waals surface area contributed by atoms with Crippen molar-refractivity contribution in [3.63, 3.8) is 0 Å². The van der Waals surface area contributed by atoms with Gasteiger partial charge in [0.2, 0.25) is 0 Å². The van der Waals surface area contributed by atoms with Crippen LogP contribution in [0.25, 0.3) is 0 Å². The molecular weight excluding hydrogens is 272 g/mol. The smallest absolute Gasteiger partial charge is 0.326 e. The zero-order valence-electron chi connectivity index (χ0n) is 10.6. The molecule has 3 N–H and O–H groups in total. The lowest BCUT2D eigenvalue weighted by atomic mass is 10.2. The first-order chi connectivity index (χ1) is 8.99. The van der Waals surface area contributed by atoms with E-state index < -0.39 is 17.9 Å². The maximum absolute atomic E-state index is 12.0. The molecule has 0 fully saturated rings. The van der Waals surface area contributed by atoms with E-state index in [9.17, 15) is 9.59 Å². The summed E-state index contributed by atoms with van der Waals surface area (Å²) in [5.74, 6) is -1.69. The Morgan fingerprint density at radius 2 is 2.21 bits per heavy atom. The molecule has 1 unspecified atom stereocenters. The van der Waals surface area contributed by atoms with Gasteiger partial charge in [0.05, 0.1) is 5.02 Å². The van der Waals surface area contributed by atoms with Gasteiger partial charge >= 0.3 is 5.97 Å². The predicted molar refractivity (Wildman–Crippen MR) is 70.3 cm³/mol. The van der Waals surface area contributed by atoms with Gasteiger partial charge in [-0.2, -0.15) is 0 Å². The van der Waals surface area contributed by atoms with Gasteiger partial charge in [0.1, 0.15) is 11.7 Å². The number of aliphatic hydroxyl groups excluding tert-OH is 1. The second-order valence-electron chi connectivity index (χ2n) is 4.11. The van der Waals surface area contributed by atoms with Crippen molar-refractivity contribution in [3.8, 4) is 0 Å². The Morgan fingerprint density at radius 1 is 1.53 bits per heavy atom. The van der Waals surface area contributed by atoms with Crippen LogP contribution in [0, 0.1) is 0 Å². The zero-order chi connectivity index (χ0) is 14.4. The third-order valence-electron chi connectivity index (χ3n) is 2.58. The Balaban J connectivity index is 2.84. The van der Waals surface area contributed by atoms with E-state index in [1.165, 1.54) is 6.07 Å². The Hall–Kier alpha value is -1.53. The van der Waals surface area contributed by atoms with Gasteiger partial charge < -0.3 is 20.1 Å². The number of carboxylic acid groups (broad SMARTS) is 1. The van der Waals surface area contributed by atoms with E-state index in [1.54, 1.807) is 10.8 Å². The van der Waals surface area contributed by atoms with Crippen LogP contribution in [-0.2, 0) is 11.3 Å². The summed E-state index contributed by atoms with van der Waals surface area (Å²) < 4.78 is 1.68. The van der Waals surface area contributed by atoms with Crippen LogP contribution >= 0.6 is 11.6 Å². The van der Waals surface area contributed by atoms with Gasteiger partial charge in [-0.1, -0.05) is 18.5 Å². The van der Waals surface area contributed by atoms with E-state index in [0.717, 1.165) is 6.42 Å². The number of halogens is 1. The fourth-order valence-corrected chi connectivity index (χ4v) is 1.93. The second-order valence-corrected chi connectivity index (χ2v) is 4.55. The molecule has 19 heavy (non-hydrogen) atoms. The molecule has 6 nitrogen and oxygen atoms in total. The molecule has 1 aromatic rings. The molecule has 0 spiro atoms. The number of carboxylic acids is 1. The summed E-state index contributed by atoms with van der Waals surface area (Å²) in [6, 6.07) is 0.381. The van der Waals surface area contributed by atoms with Crippen molar-refractivity contribution in [2.45, 2.75) is 32.4 Å². The summed E-state index contributed by atoms with van der Waals surface area (Å²) in [6.07, 6.45) is 2.41. The van der Waals surface area contributed by atoms with Crippen LogP contribution in [0.2, 0.25) is 5.02 Å². The number of hydrogen-bond acceptors (Lipinski definition) is 3. The van der Waals surface area contributed by atoms with Crippen molar-refractivity contribution in [1.82, 2.24) is 9.88 Å². The van der Waals surface area contributed by atoms with E-state index in [4.69, 9.17) is 21.8 Å². The lowest BCUT2D eigenvalue weighted by Gasteiger charge is -2.14. The van der Waals surface area contributed by atoms with Crippen LogP contribution in [0.1, 0.15) is 30.3 Å². The second kappa shape index (κ2) is 7.16. The van der Waals surface area contributed by atoms with Gasteiger partial charge in [-0.25, -0.2) is 4.79 Å². The molecule has 0 radical (unpaired) electrons. The fraction of sp³-hybridized carbons (Fsp3) is 0.500. The van der Waals surface area contributed by atoms with Crippen molar-refractivity contribution in [3.05, 3.63) is 23.0 Å². The van der Waals surface area contributed by atoms with Crippen LogP contribution in [0.5, 0.6) is 0 Å². The molecule has 1 aromatic heterocycles. The monoisotopic (exact) mass is 288 g/mol. The zero-order valence-corrected chi connectivity index (χ0v) is 11.4. The van der Waals surface area contributed by atoms with Gasteiger partial charge in [-0.15, -0.1) is 0 Å². The quantitative estimate of drug-likeness (QED) is 0.701. The van der Waals surface area contributed by atoms with Crippen LogP contribution in [0.3, 0.4) is 0 Å². The first-order valence-corrected chi connectivity index (χ1v) is 6.37. The van der Waals surface area contributed by atoms with E-state index in [-0.39, 0.29) is 13.0 Å². The largest absolute Gasteiger partial charge is 0.480 e. The highest BCUT2D eigenvalue weighted by Crippen LogP contribution is 2.15. The molecule has 1 heterocycles. The van der Waals surface area contributed by atoms with Gasteiger partial charge in [-0.3, -0.25) is 4.79 Å². The van der Waals surface area contributed by atoms with E-state index in [0.29, 0.717) is 17.3 Å². The fourth-order valence-electron chi connectivity index (χ4n) is 1.71. The number of aliphatic carboxylic acids is 1. The molecule has 1 amide bonds. The van der Waals surface area contributed by atoms with E-state index in [2.05, 4.69) is 5.32 Å². The first-order valence-electron chi connectivity index (χ1n) is 5.99. The molecule has 0 aliphatic heterocycles. The minimum atomic E-state index is -1.18. The van der Waals surface area contributed by atoms with Crippen molar-refractivity contribution in [2.24, 2.45) is 0 Å². The molecule has 0 aliphatic rings. The van der Waals surface area contributed by atoms with Gasteiger partial charge in [0.25, 0.3) is 5.91 Å². The van der Waals surface area contributed by atoms with Crippen LogP contribution in [0.4, 0.5) is 0 Å². The number of rotatable bonds is 7. The van der Waals surface area contributed by atoms with Gasteiger partial charge in [0, 0.05) is 25.8 Å². The minimum Gasteiger partial charge on any atom is -0.480 e. The van der Waals surface area contributed by atoms with Crippen molar-refractivity contribution in [2.75, 3.05) is 6.61 Å². The molecule has 0 bridgehead atoms. The Morgan fingerprint density at radius 3 is 2.74 bits per heavy atom. The van der Waals surface area contributed by atoms with E-state index in [1.807, 2.05) is 6.92 Å². The lowest BCUT2D eigenvalue weighted by molar-refractivity contribution is -0.139. The molecule has 0 saturated heterocycles. The molecule has 0 aromatic carbocycles. The normalized spacial score (nSPS) is 12.2. The maximum Gasteiger partial charge on any atom is 0.326 e. The molecule has 1 rings (SSSR count). The SMILES string of the molecule is CCCn1cc(Cl)cc1C(=O)NC(CCO)C(=O)O.